The van der Waals surface area contributed by atoms with E-state index in [1.165, 1.54) is 0 Å². The predicted molar refractivity (Wildman–Crippen MR) is 129 cm³/mol. The van der Waals surface area contributed by atoms with Gasteiger partial charge in [0.25, 0.3) is 0 Å². The molecule has 0 saturated carbocycles. The Labute approximate surface area is 197 Å². The summed E-state index contributed by atoms with van der Waals surface area (Å²) in [5.41, 5.74) is 8.39. The van der Waals surface area contributed by atoms with E-state index in [0.29, 0.717) is 11.4 Å². The van der Waals surface area contributed by atoms with E-state index in [9.17, 15) is 9.59 Å². The van der Waals surface area contributed by atoms with Gasteiger partial charge in [0, 0.05) is 22.5 Å². The number of fused-ring (bicyclic) bond motifs is 3. The molecule has 0 spiro atoms. The van der Waals surface area contributed by atoms with Crippen molar-refractivity contribution >= 4 is 11.9 Å². The fourth-order valence-corrected chi connectivity index (χ4v) is 4.62. The number of hydrogen-bond acceptors (Lipinski definition) is 4. The first-order valence-corrected chi connectivity index (χ1v) is 11.4. The Balaban J connectivity index is 1.38. The zero-order valence-electron chi connectivity index (χ0n) is 19.2. The number of aromatic amines is 2. The lowest BCUT2D eigenvalue weighted by atomic mass is 9.90. The Kier molecular flexibility index (Phi) is 5.80. The summed E-state index contributed by atoms with van der Waals surface area (Å²) in [6, 6.07) is 19.2. The zero-order valence-corrected chi connectivity index (χ0v) is 19.2. The van der Waals surface area contributed by atoms with Crippen molar-refractivity contribution in [2.75, 3.05) is 0 Å². The smallest absolute Gasteiger partial charge is 0.355 e. The van der Waals surface area contributed by atoms with E-state index < -0.39 is 0 Å². The van der Waals surface area contributed by atoms with Gasteiger partial charge < -0.3 is 19.4 Å². The lowest BCUT2D eigenvalue weighted by molar-refractivity contribution is 0.0456. The van der Waals surface area contributed by atoms with E-state index in [2.05, 4.69) is 9.97 Å². The number of carbonyl (C=O) groups excluding carboxylic acids is 2. The lowest BCUT2D eigenvalue weighted by Gasteiger charge is -2.14. The SMILES string of the molecule is Cc1c(C(=O)OCc2ccccc2)[nH]c2c1-c1c([nH]c(C(=O)OCc3ccccc3)c1C)CC2. The molecule has 0 saturated heterocycles. The summed E-state index contributed by atoms with van der Waals surface area (Å²) in [6.45, 7) is 4.27. The van der Waals surface area contributed by atoms with Gasteiger partial charge in [0.05, 0.1) is 0 Å². The first-order valence-electron chi connectivity index (χ1n) is 11.4. The number of aryl methyl sites for hydroxylation is 2. The molecule has 0 radical (unpaired) electrons. The Hall–Kier alpha value is -4.06. The fraction of sp³-hybridized carbons (Fsp3) is 0.214. The topological polar surface area (TPSA) is 84.2 Å². The van der Waals surface area contributed by atoms with E-state index in [4.69, 9.17) is 9.47 Å². The van der Waals surface area contributed by atoms with Crippen LogP contribution in [-0.4, -0.2) is 21.9 Å². The van der Waals surface area contributed by atoms with Crippen LogP contribution >= 0.6 is 0 Å². The molecule has 172 valence electrons. The van der Waals surface area contributed by atoms with Gasteiger partial charge in [0.1, 0.15) is 24.6 Å². The van der Waals surface area contributed by atoms with Gasteiger partial charge in [-0.25, -0.2) is 9.59 Å². The number of aromatic nitrogens is 2. The van der Waals surface area contributed by atoms with Crippen LogP contribution in [0.2, 0.25) is 0 Å². The van der Waals surface area contributed by atoms with Crippen LogP contribution in [0.1, 0.15) is 54.6 Å². The van der Waals surface area contributed by atoms with Crippen molar-refractivity contribution in [1.29, 1.82) is 0 Å². The molecule has 1 aliphatic carbocycles. The first kappa shape index (κ1) is 21.8. The van der Waals surface area contributed by atoms with Crippen molar-refractivity contribution in [1.82, 2.24) is 9.97 Å². The molecule has 2 aromatic carbocycles. The Morgan fingerprint density at radius 2 is 1.06 bits per heavy atom. The maximum atomic E-state index is 12.9. The van der Waals surface area contributed by atoms with Gasteiger partial charge in [-0.05, 0) is 48.9 Å². The van der Waals surface area contributed by atoms with Crippen LogP contribution in [0.25, 0.3) is 11.1 Å². The number of H-pyrrole nitrogens is 2. The number of benzene rings is 2. The molecule has 0 unspecified atom stereocenters. The average Bonchev–Trinajstić information content (AvgIpc) is 3.39. The Bertz CT molecular complexity index is 1240. The van der Waals surface area contributed by atoms with E-state index >= 15 is 0 Å². The Morgan fingerprint density at radius 1 is 0.676 bits per heavy atom. The molecular formula is C28H26N2O4. The maximum Gasteiger partial charge on any atom is 0.355 e. The highest BCUT2D eigenvalue weighted by atomic mass is 16.5. The van der Waals surface area contributed by atoms with E-state index in [1.54, 1.807) is 0 Å². The predicted octanol–water partition coefficient (Wildman–Crippen LogP) is 5.44. The van der Waals surface area contributed by atoms with Crippen LogP contribution in [-0.2, 0) is 35.5 Å². The minimum atomic E-state index is -0.381. The molecule has 2 N–H and O–H groups in total. The normalized spacial score (nSPS) is 12.1. The molecule has 0 atom stereocenters. The highest BCUT2D eigenvalue weighted by molar-refractivity contribution is 5.97. The monoisotopic (exact) mass is 454 g/mol. The second-order valence-electron chi connectivity index (χ2n) is 8.58. The van der Waals surface area contributed by atoms with Crippen molar-refractivity contribution in [3.05, 3.63) is 106 Å². The second-order valence-corrected chi connectivity index (χ2v) is 8.58. The molecule has 0 amide bonds. The number of ether oxygens (including phenoxy) is 2. The molecule has 6 nitrogen and oxygen atoms in total. The number of nitrogens with one attached hydrogen (secondary N) is 2. The molecule has 0 aliphatic heterocycles. The highest BCUT2D eigenvalue weighted by Gasteiger charge is 2.31. The third-order valence-corrected chi connectivity index (χ3v) is 6.36. The van der Waals surface area contributed by atoms with Crippen LogP contribution in [0.5, 0.6) is 0 Å². The van der Waals surface area contributed by atoms with E-state index in [1.807, 2.05) is 74.5 Å². The highest BCUT2D eigenvalue weighted by Crippen LogP contribution is 2.40. The van der Waals surface area contributed by atoms with Crippen LogP contribution in [0.3, 0.4) is 0 Å². The van der Waals surface area contributed by atoms with Crippen LogP contribution in [0, 0.1) is 13.8 Å². The molecule has 0 bridgehead atoms. The summed E-state index contributed by atoms with van der Waals surface area (Å²) in [7, 11) is 0. The summed E-state index contributed by atoms with van der Waals surface area (Å²) in [4.78, 5) is 32.3. The van der Waals surface area contributed by atoms with Gasteiger partial charge in [0.15, 0.2) is 0 Å². The summed E-state index contributed by atoms with van der Waals surface area (Å²) in [6.07, 6.45) is 1.49. The minimum Gasteiger partial charge on any atom is -0.456 e. The van der Waals surface area contributed by atoms with Crippen molar-refractivity contribution < 1.29 is 19.1 Å². The van der Waals surface area contributed by atoms with E-state index in [0.717, 1.165) is 57.6 Å². The molecule has 6 heteroatoms. The number of carbonyl (C=O) groups is 2. The quantitative estimate of drug-likeness (QED) is 0.380. The van der Waals surface area contributed by atoms with Crippen LogP contribution in [0.15, 0.2) is 60.7 Å². The number of hydrogen-bond donors (Lipinski definition) is 2. The van der Waals surface area contributed by atoms with Gasteiger partial charge in [-0.1, -0.05) is 60.7 Å². The maximum absolute atomic E-state index is 12.9. The van der Waals surface area contributed by atoms with Crippen molar-refractivity contribution in [3.63, 3.8) is 0 Å². The molecule has 34 heavy (non-hydrogen) atoms. The van der Waals surface area contributed by atoms with Gasteiger partial charge in [-0.3, -0.25) is 0 Å². The summed E-state index contributed by atoms with van der Waals surface area (Å²) in [5.74, 6) is -0.763. The average molecular weight is 455 g/mol. The minimum absolute atomic E-state index is 0.217. The largest absolute Gasteiger partial charge is 0.456 e. The van der Waals surface area contributed by atoms with Crippen molar-refractivity contribution in [2.45, 2.75) is 39.9 Å². The first-order chi connectivity index (χ1) is 16.5. The van der Waals surface area contributed by atoms with Crippen molar-refractivity contribution in [3.8, 4) is 11.1 Å². The molecule has 0 fully saturated rings. The summed E-state index contributed by atoms with van der Waals surface area (Å²) < 4.78 is 11.1. The molecule has 2 heterocycles. The van der Waals surface area contributed by atoms with Crippen LogP contribution < -0.4 is 0 Å². The second kappa shape index (κ2) is 9.06. The van der Waals surface area contributed by atoms with Gasteiger partial charge in [-0.15, -0.1) is 0 Å². The number of esters is 2. The van der Waals surface area contributed by atoms with E-state index in [-0.39, 0.29) is 25.2 Å². The lowest BCUT2D eigenvalue weighted by Crippen LogP contribution is -2.08. The summed E-state index contributed by atoms with van der Waals surface area (Å²) >= 11 is 0. The van der Waals surface area contributed by atoms with Gasteiger partial charge >= 0.3 is 11.9 Å². The zero-order chi connectivity index (χ0) is 23.7. The van der Waals surface area contributed by atoms with Crippen molar-refractivity contribution in [2.24, 2.45) is 0 Å². The van der Waals surface area contributed by atoms with Gasteiger partial charge in [-0.2, -0.15) is 0 Å². The van der Waals surface area contributed by atoms with Gasteiger partial charge in [0.2, 0.25) is 0 Å². The molecule has 2 aromatic heterocycles. The molecular weight excluding hydrogens is 428 g/mol. The molecule has 1 aliphatic rings. The third kappa shape index (κ3) is 4.03. The standard InChI is InChI=1S/C28H26N2O4/c1-17-23-21(29-25(17)27(31)33-15-19-9-5-3-6-10-19)13-14-22-24(23)18(2)26(30-22)28(32)34-16-20-11-7-4-8-12-20/h3-12,29-30H,13-16H2,1-2H3. The molecule has 4 aromatic rings. The van der Waals surface area contributed by atoms with Crippen LogP contribution in [0.4, 0.5) is 0 Å². The number of rotatable bonds is 6. The fourth-order valence-electron chi connectivity index (χ4n) is 4.62. The Morgan fingerprint density at radius 3 is 1.44 bits per heavy atom. The molecule has 5 rings (SSSR count). The summed E-state index contributed by atoms with van der Waals surface area (Å²) in [5, 5.41) is 0. The third-order valence-electron chi connectivity index (χ3n) is 6.36.